The van der Waals surface area contributed by atoms with Crippen LogP contribution in [0.4, 0.5) is 0 Å². The molecule has 2 aliphatic rings. The molecule has 0 aromatic heterocycles. The van der Waals surface area contributed by atoms with Gasteiger partial charge in [-0.25, -0.2) is 0 Å². The number of nitrogens with zero attached hydrogens (tertiary/aromatic N) is 1. The smallest absolute Gasteiger partial charge is 0.231 e. The van der Waals surface area contributed by atoms with Crippen LogP contribution in [0.15, 0.2) is 42.5 Å². The van der Waals surface area contributed by atoms with Crippen LogP contribution in [0.1, 0.15) is 25.1 Å². The van der Waals surface area contributed by atoms with Gasteiger partial charge in [0.2, 0.25) is 5.91 Å². The summed E-state index contributed by atoms with van der Waals surface area (Å²) in [6, 6.07) is 9.43. The van der Waals surface area contributed by atoms with Gasteiger partial charge in [-0.1, -0.05) is 35.9 Å². The number of aliphatic hydroxyl groups is 1. The highest BCUT2D eigenvalue weighted by Gasteiger charge is 2.53. The second-order valence-corrected chi connectivity index (χ2v) is 5.67. The van der Waals surface area contributed by atoms with Crippen LogP contribution in [0, 0.1) is 5.92 Å². The summed E-state index contributed by atoms with van der Waals surface area (Å²) in [7, 11) is 0. The maximum atomic E-state index is 12.6. The molecule has 4 nitrogen and oxygen atoms in total. The Hall–Kier alpha value is -1.65. The molecule has 2 fully saturated rings. The Labute approximate surface area is 118 Å². The van der Waals surface area contributed by atoms with Crippen molar-refractivity contribution >= 4 is 5.91 Å². The molecular weight excluding hydrogens is 254 g/mol. The SMILES string of the molecule is C=C(C)C[C@H]1C(=O)N2C(CO[C@@H]2c2ccccc2)[C@H]1O. The van der Waals surface area contributed by atoms with Crippen LogP contribution in [-0.2, 0) is 9.53 Å². The standard InChI is InChI=1S/C16H19NO3/c1-10(2)8-12-14(18)13-9-20-16(17(13)15(12)19)11-6-4-3-5-7-11/h3-7,12-14,16,18H,1,8-9H2,2H3/t12-,13?,14+,16-/m1/s1. The summed E-state index contributed by atoms with van der Waals surface area (Å²) in [6.45, 7) is 6.12. The first-order valence-electron chi connectivity index (χ1n) is 6.91. The fraction of sp³-hybridized carbons (Fsp3) is 0.438. The molecule has 1 aromatic rings. The van der Waals surface area contributed by atoms with E-state index in [2.05, 4.69) is 6.58 Å². The predicted octanol–water partition coefficient (Wildman–Crippen LogP) is 1.87. The Bertz CT molecular complexity index is 528. The fourth-order valence-corrected chi connectivity index (χ4v) is 3.13. The molecule has 3 rings (SSSR count). The molecule has 0 saturated carbocycles. The van der Waals surface area contributed by atoms with Crippen LogP contribution in [0.5, 0.6) is 0 Å². The number of carbonyl (C=O) groups excluding carboxylic acids is 1. The highest BCUT2D eigenvalue weighted by Crippen LogP contribution is 2.41. The fourth-order valence-electron chi connectivity index (χ4n) is 3.13. The predicted molar refractivity (Wildman–Crippen MR) is 74.7 cm³/mol. The van der Waals surface area contributed by atoms with Crippen molar-refractivity contribution in [2.75, 3.05) is 6.61 Å². The van der Waals surface area contributed by atoms with Gasteiger partial charge in [-0.3, -0.25) is 4.79 Å². The summed E-state index contributed by atoms with van der Waals surface area (Å²) < 4.78 is 5.72. The maximum Gasteiger partial charge on any atom is 0.231 e. The van der Waals surface area contributed by atoms with Gasteiger partial charge < -0.3 is 14.7 Å². The van der Waals surface area contributed by atoms with Crippen LogP contribution >= 0.6 is 0 Å². The zero-order valence-corrected chi connectivity index (χ0v) is 11.5. The zero-order valence-electron chi connectivity index (χ0n) is 11.5. The van der Waals surface area contributed by atoms with Crippen molar-refractivity contribution in [3.8, 4) is 0 Å². The van der Waals surface area contributed by atoms with Gasteiger partial charge in [-0.15, -0.1) is 6.58 Å². The van der Waals surface area contributed by atoms with E-state index in [0.29, 0.717) is 13.0 Å². The third-order valence-corrected chi connectivity index (χ3v) is 4.07. The van der Waals surface area contributed by atoms with Crippen molar-refractivity contribution in [3.05, 3.63) is 48.0 Å². The van der Waals surface area contributed by atoms with E-state index in [1.807, 2.05) is 37.3 Å². The molecule has 1 aromatic carbocycles. The number of hydrogen-bond acceptors (Lipinski definition) is 3. The summed E-state index contributed by atoms with van der Waals surface area (Å²) in [4.78, 5) is 14.3. The Morgan fingerprint density at radius 3 is 2.80 bits per heavy atom. The Kier molecular flexibility index (Phi) is 3.36. The molecule has 0 radical (unpaired) electrons. The minimum Gasteiger partial charge on any atom is -0.390 e. The van der Waals surface area contributed by atoms with Gasteiger partial charge in [-0.2, -0.15) is 0 Å². The monoisotopic (exact) mass is 273 g/mol. The van der Waals surface area contributed by atoms with Crippen LogP contribution in [-0.4, -0.2) is 34.7 Å². The number of benzene rings is 1. The van der Waals surface area contributed by atoms with E-state index in [1.165, 1.54) is 0 Å². The maximum absolute atomic E-state index is 12.6. The van der Waals surface area contributed by atoms with Crippen molar-refractivity contribution in [3.63, 3.8) is 0 Å². The van der Waals surface area contributed by atoms with Crippen molar-refractivity contribution in [2.24, 2.45) is 5.92 Å². The molecule has 0 aliphatic carbocycles. The summed E-state index contributed by atoms with van der Waals surface area (Å²) in [5, 5.41) is 10.4. The van der Waals surface area contributed by atoms with Crippen molar-refractivity contribution in [1.82, 2.24) is 4.90 Å². The number of amides is 1. The van der Waals surface area contributed by atoms with E-state index < -0.39 is 6.10 Å². The van der Waals surface area contributed by atoms with Crippen LogP contribution in [0.3, 0.4) is 0 Å². The lowest BCUT2D eigenvalue weighted by Crippen LogP contribution is -2.34. The van der Waals surface area contributed by atoms with Gasteiger partial charge in [0.1, 0.15) is 0 Å². The molecular formula is C16H19NO3. The lowest BCUT2D eigenvalue weighted by atomic mass is 9.95. The van der Waals surface area contributed by atoms with E-state index in [1.54, 1.807) is 4.90 Å². The molecule has 4 atom stereocenters. The van der Waals surface area contributed by atoms with E-state index in [0.717, 1.165) is 11.1 Å². The van der Waals surface area contributed by atoms with Gasteiger partial charge >= 0.3 is 0 Å². The van der Waals surface area contributed by atoms with Crippen molar-refractivity contribution in [1.29, 1.82) is 0 Å². The van der Waals surface area contributed by atoms with E-state index in [9.17, 15) is 9.90 Å². The van der Waals surface area contributed by atoms with Crippen molar-refractivity contribution in [2.45, 2.75) is 31.7 Å². The molecule has 1 amide bonds. The van der Waals surface area contributed by atoms with E-state index in [4.69, 9.17) is 4.74 Å². The van der Waals surface area contributed by atoms with Gasteiger partial charge in [0, 0.05) is 5.56 Å². The summed E-state index contributed by atoms with van der Waals surface area (Å²) >= 11 is 0. The number of aliphatic hydroxyl groups excluding tert-OH is 1. The molecule has 106 valence electrons. The molecule has 1 N–H and O–H groups in total. The highest BCUT2D eigenvalue weighted by atomic mass is 16.5. The first kappa shape index (κ1) is 13.3. The third-order valence-electron chi connectivity index (χ3n) is 4.07. The van der Waals surface area contributed by atoms with Gasteiger partial charge in [0.15, 0.2) is 6.23 Å². The molecule has 4 heteroatoms. The number of carbonyl (C=O) groups is 1. The molecule has 20 heavy (non-hydrogen) atoms. The average molecular weight is 273 g/mol. The number of ether oxygens (including phenoxy) is 1. The number of fused-ring (bicyclic) bond motifs is 1. The lowest BCUT2D eigenvalue weighted by molar-refractivity contribution is -0.137. The first-order chi connectivity index (χ1) is 9.59. The van der Waals surface area contributed by atoms with Crippen LogP contribution in [0.25, 0.3) is 0 Å². The normalized spacial score (nSPS) is 32.5. The number of allylic oxidation sites excluding steroid dienone is 1. The largest absolute Gasteiger partial charge is 0.390 e. The minimum absolute atomic E-state index is 0.0307. The summed E-state index contributed by atoms with van der Waals surface area (Å²) in [5.74, 6) is -0.413. The average Bonchev–Trinajstić information content (AvgIpc) is 2.96. The number of rotatable bonds is 3. The zero-order chi connectivity index (χ0) is 14.3. The topological polar surface area (TPSA) is 49.8 Å². The Morgan fingerprint density at radius 1 is 1.45 bits per heavy atom. The second-order valence-electron chi connectivity index (χ2n) is 5.67. The summed E-state index contributed by atoms with van der Waals surface area (Å²) in [5.41, 5.74) is 1.87. The lowest BCUT2D eigenvalue weighted by Gasteiger charge is -2.23. The third kappa shape index (κ3) is 2.05. The molecule has 1 unspecified atom stereocenters. The summed E-state index contributed by atoms with van der Waals surface area (Å²) in [6.07, 6.45) is -0.513. The number of hydrogen-bond donors (Lipinski definition) is 1. The van der Waals surface area contributed by atoms with Gasteiger partial charge in [0.25, 0.3) is 0 Å². The van der Waals surface area contributed by atoms with Gasteiger partial charge in [-0.05, 0) is 13.3 Å². The van der Waals surface area contributed by atoms with Crippen LogP contribution in [0.2, 0.25) is 0 Å². The molecule has 0 bridgehead atoms. The van der Waals surface area contributed by atoms with Crippen LogP contribution < -0.4 is 0 Å². The first-order valence-corrected chi connectivity index (χ1v) is 6.91. The molecule has 2 aliphatic heterocycles. The molecule has 0 spiro atoms. The highest BCUT2D eigenvalue weighted by molar-refractivity contribution is 5.83. The second kappa shape index (κ2) is 5.04. The van der Waals surface area contributed by atoms with E-state index >= 15 is 0 Å². The molecule has 2 saturated heterocycles. The Balaban J connectivity index is 1.87. The molecule has 2 heterocycles. The minimum atomic E-state index is -0.673. The quantitative estimate of drug-likeness (QED) is 0.855. The Morgan fingerprint density at radius 2 is 2.15 bits per heavy atom. The van der Waals surface area contributed by atoms with E-state index in [-0.39, 0.29) is 24.1 Å². The van der Waals surface area contributed by atoms with Gasteiger partial charge in [0.05, 0.1) is 24.7 Å². The van der Waals surface area contributed by atoms with Crippen molar-refractivity contribution < 1.29 is 14.6 Å².